The van der Waals surface area contributed by atoms with Gasteiger partial charge in [0.2, 0.25) is 5.91 Å². The number of hydrogen-bond acceptors (Lipinski definition) is 3. The van der Waals surface area contributed by atoms with Crippen molar-refractivity contribution in [3.8, 4) is 0 Å². The Morgan fingerprint density at radius 3 is 2.48 bits per heavy atom. The molecule has 23 heavy (non-hydrogen) atoms. The van der Waals surface area contributed by atoms with Gasteiger partial charge in [0.1, 0.15) is 6.54 Å². The van der Waals surface area contributed by atoms with E-state index in [0.29, 0.717) is 17.1 Å². The fourth-order valence-corrected chi connectivity index (χ4v) is 2.07. The van der Waals surface area contributed by atoms with Gasteiger partial charge in [0.15, 0.2) is 0 Å². The van der Waals surface area contributed by atoms with Crippen molar-refractivity contribution >= 4 is 23.4 Å². The first kappa shape index (κ1) is 16.8. The Bertz CT molecular complexity index is 769. The second-order valence-electron chi connectivity index (χ2n) is 4.87. The predicted octanol–water partition coefficient (Wildman–Crippen LogP) is 1.18. The zero-order valence-electron chi connectivity index (χ0n) is 12.5. The molecule has 7 heteroatoms. The molecule has 0 aliphatic carbocycles. The normalized spacial score (nSPS) is 10.2. The third-order valence-corrected chi connectivity index (χ3v) is 3.44. The maximum Gasteiger partial charge on any atom is 0.252 e. The summed E-state index contributed by atoms with van der Waals surface area (Å²) in [5.74, 6) is -0.642. The van der Waals surface area contributed by atoms with Gasteiger partial charge in [-0.2, -0.15) is 0 Å². The minimum Gasteiger partial charge on any atom is -0.355 e. The number of pyridine rings is 1. The molecule has 6 nitrogen and oxygen atoms in total. The van der Waals surface area contributed by atoms with Crippen LogP contribution in [0.15, 0.2) is 47.4 Å². The van der Waals surface area contributed by atoms with Gasteiger partial charge in [-0.3, -0.25) is 14.4 Å². The Kier molecular flexibility index (Phi) is 5.54. The number of nitrogens with one attached hydrogen (secondary N) is 2. The topological polar surface area (TPSA) is 80.2 Å². The third kappa shape index (κ3) is 4.69. The molecule has 0 fully saturated rings. The quantitative estimate of drug-likeness (QED) is 0.862. The Labute approximate surface area is 138 Å². The van der Waals surface area contributed by atoms with E-state index < -0.39 is 0 Å². The van der Waals surface area contributed by atoms with E-state index >= 15 is 0 Å². The average molecular weight is 334 g/mol. The van der Waals surface area contributed by atoms with E-state index in [0.717, 1.165) is 5.56 Å². The van der Waals surface area contributed by atoms with E-state index in [-0.39, 0.29) is 23.9 Å². The van der Waals surface area contributed by atoms with Crippen molar-refractivity contribution in [3.63, 3.8) is 0 Å². The second-order valence-corrected chi connectivity index (χ2v) is 5.30. The van der Waals surface area contributed by atoms with Crippen LogP contribution in [0.5, 0.6) is 0 Å². The molecule has 0 saturated carbocycles. The maximum atomic E-state index is 12.0. The first-order valence-corrected chi connectivity index (χ1v) is 7.31. The van der Waals surface area contributed by atoms with Gasteiger partial charge in [-0.25, -0.2) is 0 Å². The van der Waals surface area contributed by atoms with Gasteiger partial charge in [0.05, 0.1) is 5.56 Å². The van der Waals surface area contributed by atoms with Gasteiger partial charge in [-0.15, -0.1) is 0 Å². The van der Waals surface area contributed by atoms with Crippen molar-refractivity contribution in [2.24, 2.45) is 0 Å². The molecule has 2 rings (SSSR count). The summed E-state index contributed by atoms with van der Waals surface area (Å²) in [6.07, 6.45) is 1.36. The number of rotatable bonds is 5. The number of carbonyl (C=O) groups is 2. The highest BCUT2D eigenvalue weighted by Gasteiger charge is 2.08. The SMILES string of the molecule is CNC(=O)c1ccc(=O)n(CC(=O)NCc2ccc(Cl)cc2)c1. The zero-order valence-corrected chi connectivity index (χ0v) is 13.3. The van der Waals surface area contributed by atoms with Crippen LogP contribution in [0.3, 0.4) is 0 Å². The standard InChI is InChI=1S/C16H16ClN3O3/c1-18-16(23)12-4-7-15(22)20(9-12)10-14(21)19-8-11-2-5-13(17)6-3-11/h2-7,9H,8,10H2,1H3,(H,18,23)(H,19,21). The molecule has 0 saturated heterocycles. The highest BCUT2D eigenvalue weighted by atomic mass is 35.5. The summed E-state index contributed by atoms with van der Waals surface area (Å²) in [5.41, 5.74) is 0.867. The summed E-state index contributed by atoms with van der Waals surface area (Å²) in [4.78, 5) is 35.3. The molecule has 0 atom stereocenters. The summed E-state index contributed by atoms with van der Waals surface area (Å²) >= 11 is 5.79. The van der Waals surface area contributed by atoms with Gasteiger partial charge in [0, 0.05) is 30.9 Å². The Balaban J connectivity index is 2.01. The molecule has 0 aliphatic rings. The molecule has 1 aromatic heterocycles. The number of nitrogens with zero attached hydrogens (tertiary/aromatic N) is 1. The minimum absolute atomic E-state index is 0.155. The molecule has 0 spiro atoms. The lowest BCUT2D eigenvalue weighted by Crippen LogP contribution is -2.32. The molecule has 2 amide bonds. The highest BCUT2D eigenvalue weighted by molar-refractivity contribution is 6.30. The van der Waals surface area contributed by atoms with Crippen LogP contribution in [0, 0.1) is 0 Å². The predicted molar refractivity (Wildman–Crippen MR) is 87.4 cm³/mol. The van der Waals surface area contributed by atoms with Gasteiger partial charge in [-0.05, 0) is 23.8 Å². The average Bonchev–Trinajstić information content (AvgIpc) is 2.55. The number of carbonyl (C=O) groups excluding carboxylic acids is 2. The molecule has 0 aliphatic heterocycles. The van der Waals surface area contributed by atoms with Crippen molar-refractivity contribution in [1.29, 1.82) is 0 Å². The molecule has 0 unspecified atom stereocenters. The number of benzene rings is 1. The van der Waals surface area contributed by atoms with E-state index in [2.05, 4.69) is 10.6 Å². The Morgan fingerprint density at radius 2 is 1.83 bits per heavy atom. The fourth-order valence-electron chi connectivity index (χ4n) is 1.95. The van der Waals surface area contributed by atoms with E-state index in [9.17, 15) is 14.4 Å². The van der Waals surface area contributed by atoms with Crippen LogP contribution in [0.1, 0.15) is 15.9 Å². The van der Waals surface area contributed by atoms with E-state index in [1.54, 1.807) is 24.3 Å². The number of amides is 2. The zero-order chi connectivity index (χ0) is 16.8. The largest absolute Gasteiger partial charge is 0.355 e. The Morgan fingerprint density at radius 1 is 1.13 bits per heavy atom. The monoisotopic (exact) mass is 333 g/mol. The lowest BCUT2D eigenvalue weighted by Gasteiger charge is -2.09. The third-order valence-electron chi connectivity index (χ3n) is 3.19. The van der Waals surface area contributed by atoms with Crippen molar-refractivity contribution in [1.82, 2.24) is 15.2 Å². The van der Waals surface area contributed by atoms with Crippen LogP contribution in [0.2, 0.25) is 5.02 Å². The first-order valence-electron chi connectivity index (χ1n) is 6.93. The molecule has 120 valence electrons. The van der Waals surface area contributed by atoms with Crippen LogP contribution >= 0.6 is 11.6 Å². The van der Waals surface area contributed by atoms with Crippen molar-refractivity contribution in [2.75, 3.05) is 7.05 Å². The van der Waals surface area contributed by atoms with Crippen LogP contribution in [-0.4, -0.2) is 23.4 Å². The minimum atomic E-state index is -0.348. The summed E-state index contributed by atoms with van der Waals surface area (Å²) in [6, 6.07) is 9.77. The van der Waals surface area contributed by atoms with Crippen molar-refractivity contribution < 1.29 is 9.59 Å². The maximum absolute atomic E-state index is 12.0. The molecule has 1 aromatic carbocycles. The van der Waals surface area contributed by atoms with E-state index in [4.69, 9.17) is 11.6 Å². The van der Waals surface area contributed by atoms with E-state index in [1.165, 1.54) is 29.9 Å². The molecular formula is C16H16ClN3O3. The number of aromatic nitrogens is 1. The van der Waals surface area contributed by atoms with Gasteiger partial charge in [0.25, 0.3) is 11.5 Å². The van der Waals surface area contributed by atoms with Crippen LogP contribution in [0.4, 0.5) is 0 Å². The summed E-state index contributed by atoms with van der Waals surface area (Å²) in [6.45, 7) is 0.178. The van der Waals surface area contributed by atoms with Crippen LogP contribution < -0.4 is 16.2 Å². The molecule has 0 bridgehead atoms. The highest BCUT2D eigenvalue weighted by Crippen LogP contribution is 2.09. The molecule has 2 aromatic rings. The van der Waals surface area contributed by atoms with E-state index in [1.807, 2.05) is 0 Å². The lowest BCUT2D eigenvalue weighted by molar-refractivity contribution is -0.121. The van der Waals surface area contributed by atoms with Crippen molar-refractivity contribution in [3.05, 3.63) is 69.1 Å². The molecular weight excluding hydrogens is 318 g/mol. The lowest BCUT2D eigenvalue weighted by atomic mass is 10.2. The van der Waals surface area contributed by atoms with Crippen LogP contribution in [0.25, 0.3) is 0 Å². The molecule has 1 heterocycles. The number of hydrogen-bond donors (Lipinski definition) is 2. The van der Waals surface area contributed by atoms with Gasteiger partial charge in [-0.1, -0.05) is 23.7 Å². The smallest absolute Gasteiger partial charge is 0.252 e. The first-order chi connectivity index (χ1) is 11.0. The summed E-state index contributed by atoms with van der Waals surface area (Å²) in [7, 11) is 1.50. The van der Waals surface area contributed by atoms with Crippen molar-refractivity contribution in [2.45, 2.75) is 13.1 Å². The van der Waals surface area contributed by atoms with Gasteiger partial charge < -0.3 is 15.2 Å². The Hall–Kier alpha value is -2.60. The van der Waals surface area contributed by atoms with Gasteiger partial charge >= 0.3 is 0 Å². The number of halogens is 1. The summed E-state index contributed by atoms with van der Waals surface area (Å²) in [5, 5.41) is 5.80. The summed E-state index contributed by atoms with van der Waals surface area (Å²) < 4.78 is 1.20. The second kappa shape index (κ2) is 7.60. The van der Waals surface area contributed by atoms with Crippen LogP contribution in [-0.2, 0) is 17.9 Å². The fraction of sp³-hybridized carbons (Fsp3) is 0.188. The molecule has 0 radical (unpaired) electrons. The molecule has 2 N–H and O–H groups in total.